The van der Waals surface area contributed by atoms with Gasteiger partial charge in [-0.25, -0.2) is 0 Å². The van der Waals surface area contributed by atoms with Crippen molar-refractivity contribution in [3.8, 4) is 0 Å². The highest BCUT2D eigenvalue weighted by atomic mass is 16.4. The van der Waals surface area contributed by atoms with E-state index in [4.69, 9.17) is 5.11 Å². The van der Waals surface area contributed by atoms with Crippen molar-refractivity contribution in [1.29, 1.82) is 0 Å². The summed E-state index contributed by atoms with van der Waals surface area (Å²) in [5.41, 5.74) is 0. The molecule has 0 spiro atoms. The van der Waals surface area contributed by atoms with Gasteiger partial charge in [0.05, 0.1) is 0 Å². The summed E-state index contributed by atoms with van der Waals surface area (Å²) in [6, 6.07) is 0.448. The standard InChI is InChI=1S/C12H20N2O3/c1-13-7-6-10(8-13)14-9(2-4-11(14)15)3-5-12(16)17/h9-10H,2-8H2,1H3,(H,16,17). The zero-order chi connectivity index (χ0) is 12.4. The molecule has 0 aromatic rings. The molecular weight excluding hydrogens is 220 g/mol. The van der Waals surface area contributed by atoms with Crippen LogP contribution in [-0.4, -0.2) is 59.0 Å². The van der Waals surface area contributed by atoms with Gasteiger partial charge in [0.2, 0.25) is 5.91 Å². The molecule has 2 aliphatic rings. The second-order valence-corrected chi connectivity index (χ2v) is 5.13. The second-order valence-electron chi connectivity index (χ2n) is 5.13. The van der Waals surface area contributed by atoms with Crippen LogP contribution in [0.1, 0.15) is 32.1 Å². The van der Waals surface area contributed by atoms with Crippen molar-refractivity contribution >= 4 is 11.9 Å². The van der Waals surface area contributed by atoms with Crippen LogP contribution >= 0.6 is 0 Å². The Morgan fingerprint density at radius 1 is 1.47 bits per heavy atom. The second kappa shape index (κ2) is 5.04. The fourth-order valence-corrected chi connectivity index (χ4v) is 2.98. The lowest BCUT2D eigenvalue weighted by molar-refractivity contribution is -0.138. The molecule has 0 saturated carbocycles. The molecule has 5 nitrogen and oxygen atoms in total. The van der Waals surface area contributed by atoms with E-state index in [1.807, 2.05) is 4.90 Å². The van der Waals surface area contributed by atoms with Gasteiger partial charge in [-0.15, -0.1) is 0 Å². The van der Waals surface area contributed by atoms with Crippen LogP contribution in [0, 0.1) is 0 Å². The number of carboxylic acids is 1. The minimum atomic E-state index is -0.771. The van der Waals surface area contributed by atoms with Crippen molar-refractivity contribution in [1.82, 2.24) is 9.80 Å². The molecule has 2 aliphatic heterocycles. The van der Waals surface area contributed by atoms with Crippen LogP contribution in [0.15, 0.2) is 0 Å². The zero-order valence-electron chi connectivity index (χ0n) is 10.3. The molecular formula is C12H20N2O3. The number of likely N-dealkylation sites (tertiary alicyclic amines) is 2. The highest BCUT2D eigenvalue weighted by Gasteiger charge is 2.38. The van der Waals surface area contributed by atoms with Gasteiger partial charge in [-0.05, 0) is 32.9 Å². The van der Waals surface area contributed by atoms with Crippen molar-refractivity contribution in [2.45, 2.75) is 44.2 Å². The van der Waals surface area contributed by atoms with Gasteiger partial charge in [0.25, 0.3) is 0 Å². The smallest absolute Gasteiger partial charge is 0.303 e. The van der Waals surface area contributed by atoms with Gasteiger partial charge >= 0.3 is 5.97 Å². The van der Waals surface area contributed by atoms with Crippen molar-refractivity contribution in [3.63, 3.8) is 0 Å². The molecule has 0 aromatic carbocycles. The first-order valence-electron chi connectivity index (χ1n) is 6.29. The topological polar surface area (TPSA) is 60.9 Å². The number of aliphatic carboxylic acids is 1. The van der Waals surface area contributed by atoms with E-state index in [9.17, 15) is 9.59 Å². The third-order valence-corrected chi connectivity index (χ3v) is 3.82. The van der Waals surface area contributed by atoms with Gasteiger partial charge in [0.1, 0.15) is 0 Å². The molecule has 96 valence electrons. The van der Waals surface area contributed by atoms with Crippen molar-refractivity contribution in [2.75, 3.05) is 20.1 Å². The summed E-state index contributed by atoms with van der Waals surface area (Å²) < 4.78 is 0. The number of carbonyl (C=O) groups excluding carboxylic acids is 1. The van der Waals surface area contributed by atoms with E-state index < -0.39 is 5.97 Å². The first-order chi connectivity index (χ1) is 8.08. The Morgan fingerprint density at radius 2 is 2.24 bits per heavy atom. The molecule has 1 amide bonds. The minimum absolute atomic E-state index is 0.148. The number of likely N-dealkylation sites (N-methyl/N-ethyl adjacent to an activating group) is 1. The predicted molar refractivity (Wildman–Crippen MR) is 62.6 cm³/mol. The number of amides is 1. The SMILES string of the molecule is CN1CCC(N2C(=O)CCC2CCC(=O)O)C1. The maximum Gasteiger partial charge on any atom is 0.303 e. The van der Waals surface area contributed by atoms with Crippen molar-refractivity contribution in [2.24, 2.45) is 0 Å². The number of carboxylic acid groups (broad SMARTS) is 1. The highest BCUT2D eigenvalue weighted by Crippen LogP contribution is 2.28. The van der Waals surface area contributed by atoms with Gasteiger partial charge in [0.15, 0.2) is 0 Å². The molecule has 17 heavy (non-hydrogen) atoms. The van der Waals surface area contributed by atoms with E-state index in [1.165, 1.54) is 0 Å². The maximum absolute atomic E-state index is 11.9. The van der Waals surface area contributed by atoms with Gasteiger partial charge in [0, 0.05) is 31.5 Å². The summed E-state index contributed by atoms with van der Waals surface area (Å²) in [6.45, 7) is 1.95. The molecule has 0 aliphatic carbocycles. The Hall–Kier alpha value is -1.10. The molecule has 2 fully saturated rings. The van der Waals surface area contributed by atoms with Crippen LogP contribution in [0.2, 0.25) is 0 Å². The van der Waals surface area contributed by atoms with Crippen LogP contribution in [0.3, 0.4) is 0 Å². The molecule has 0 bridgehead atoms. The van der Waals surface area contributed by atoms with Gasteiger partial charge in [-0.3, -0.25) is 9.59 Å². The van der Waals surface area contributed by atoms with Gasteiger partial charge in [-0.1, -0.05) is 0 Å². The molecule has 2 saturated heterocycles. The van der Waals surface area contributed by atoms with E-state index in [-0.39, 0.29) is 18.4 Å². The number of carbonyl (C=O) groups is 2. The fourth-order valence-electron chi connectivity index (χ4n) is 2.98. The molecule has 2 atom stereocenters. The third-order valence-electron chi connectivity index (χ3n) is 3.82. The molecule has 1 N–H and O–H groups in total. The Balaban J connectivity index is 1.96. The lowest BCUT2D eigenvalue weighted by atomic mass is 10.1. The Labute approximate surface area is 101 Å². The summed E-state index contributed by atoms with van der Waals surface area (Å²) in [5.74, 6) is -0.562. The number of hydrogen-bond acceptors (Lipinski definition) is 3. The number of hydrogen-bond donors (Lipinski definition) is 1. The first kappa shape index (κ1) is 12.4. The molecule has 2 unspecified atom stereocenters. The maximum atomic E-state index is 11.9. The van der Waals surface area contributed by atoms with Crippen LogP contribution in [-0.2, 0) is 9.59 Å². The minimum Gasteiger partial charge on any atom is -0.481 e. The Kier molecular flexibility index (Phi) is 3.66. The van der Waals surface area contributed by atoms with Crippen molar-refractivity contribution in [3.05, 3.63) is 0 Å². The van der Waals surface area contributed by atoms with Gasteiger partial charge < -0.3 is 14.9 Å². The lowest BCUT2D eigenvalue weighted by Gasteiger charge is -2.30. The largest absolute Gasteiger partial charge is 0.481 e. The summed E-state index contributed by atoms with van der Waals surface area (Å²) in [4.78, 5) is 26.7. The van der Waals surface area contributed by atoms with E-state index in [1.54, 1.807) is 0 Å². The highest BCUT2D eigenvalue weighted by molar-refractivity contribution is 5.79. The molecule has 2 rings (SSSR count). The quantitative estimate of drug-likeness (QED) is 0.779. The van der Waals surface area contributed by atoms with Crippen LogP contribution in [0.25, 0.3) is 0 Å². The van der Waals surface area contributed by atoms with E-state index in [2.05, 4.69) is 11.9 Å². The third kappa shape index (κ3) is 2.77. The van der Waals surface area contributed by atoms with Crippen molar-refractivity contribution < 1.29 is 14.7 Å². The van der Waals surface area contributed by atoms with Crippen LogP contribution in [0.4, 0.5) is 0 Å². The van der Waals surface area contributed by atoms with E-state index >= 15 is 0 Å². The lowest BCUT2D eigenvalue weighted by Crippen LogP contribution is -2.43. The predicted octanol–water partition coefficient (Wildman–Crippen LogP) is 0.546. The van der Waals surface area contributed by atoms with Gasteiger partial charge in [-0.2, -0.15) is 0 Å². The molecule has 0 radical (unpaired) electrons. The molecule has 0 aromatic heterocycles. The molecule has 2 heterocycles. The zero-order valence-corrected chi connectivity index (χ0v) is 10.3. The van der Waals surface area contributed by atoms with E-state index in [0.29, 0.717) is 18.9 Å². The average Bonchev–Trinajstić information content (AvgIpc) is 2.82. The Morgan fingerprint density at radius 3 is 2.82 bits per heavy atom. The Bertz CT molecular complexity index is 319. The number of rotatable bonds is 4. The fraction of sp³-hybridized carbons (Fsp3) is 0.833. The normalized spacial score (nSPS) is 30.2. The monoisotopic (exact) mass is 240 g/mol. The van der Waals surface area contributed by atoms with Crippen LogP contribution < -0.4 is 0 Å². The van der Waals surface area contributed by atoms with E-state index in [0.717, 1.165) is 25.9 Å². The molecule has 5 heteroatoms. The summed E-state index contributed by atoms with van der Waals surface area (Å²) in [6.07, 6.45) is 3.20. The van der Waals surface area contributed by atoms with Crippen LogP contribution in [0.5, 0.6) is 0 Å². The summed E-state index contributed by atoms with van der Waals surface area (Å²) >= 11 is 0. The summed E-state index contributed by atoms with van der Waals surface area (Å²) in [7, 11) is 2.06. The first-order valence-corrected chi connectivity index (χ1v) is 6.29. The summed E-state index contributed by atoms with van der Waals surface area (Å²) in [5, 5.41) is 8.72. The average molecular weight is 240 g/mol. The number of nitrogens with zero attached hydrogens (tertiary/aromatic N) is 2.